The average Bonchev–Trinajstić information content (AvgIpc) is 2.87. The van der Waals surface area contributed by atoms with Crippen molar-refractivity contribution in [3.05, 3.63) is 56.3 Å². The summed E-state index contributed by atoms with van der Waals surface area (Å²) in [7, 11) is 2.07. The zero-order valence-electron chi connectivity index (χ0n) is 12.3. The molecule has 1 aromatic carbocycles. The summed E-state index contributed by atoms with van der Waals surface area (Å²) in [6.45, 7) is 4.38. The van der Waals surface area contributed by atoms with E-state index in [1.807, 2.05) is 11.3 Å². The Morgan fingerprint density at radius 3 is 2.80 bits per heavy atom. The van der Waals surface area contributed by atoms with Gasteiger partial charge in [-0.2, -0.15) is 11.8 Å². The van der Waals surface area contributed by atoms with Crippen LogP contribution >= 0.6 is 23.1 Å². The number of hydrogen-bond donors (Lipinski definition) is 1. The van der Waals surface area contributed by atoms with Gasteiger partial charge in [0.25, 0.3) is 0 Å². The van der Waals surface area contributed by atoms with Crippen LogP contribution in [0.2, 0.25) is 0 Å². The molecule has 2 heterocycles. The molecule has 20 heavy (non-hydrogen) atoms. The first-order chi connectivity index (χ1) is 9.69. The maximum Gasteiger partial charge on any atom is 0.0671 e. The molecule has 0 radical (unpaired) electrons. The van der Waals surface area contributed by atoms with Crippen molar-refractivity contribution >= 4 is 23.1 Å². The van der Waals surface area contributed by atoms with E-state index in [4.69, 9.17) is 0 Å². The Kier molecular flexibility index (Phi) is 4.20. The van der Waals surface area contributed by atoms with Crippen LogP contribution in [0.25, 0.3) is 0 Å². The summed E-state index contributed by atoms with van der Waals surface area (Å²) in [6.07, 6.45) is 1.24. The van der Waals surface area contributed by atoms with Gasteiger partial charge in [-0.25, -0.2) is 0 Å². The highest BCUT2D eigenvalue weighted by Crippen LogP contribution is 2.37. The minimum atomic E-state index is 0.329. The molecule has 0 saturated heterocycles. The fourth-order valence-electron chi connectivity index (χ4n) is 2.83. The van der Waals surface area contributed by atoms with Gasteiger partial charge >= 0.3 is 0 Å². The van der Waals surface area contributed by atoms with Crippen molar-refractivity contribution in [3.63, 3.8) is 0 Å². The Balaban J connectivity index is 2.01. The van der Waals surface area contributed by atoms with Crippen molar-refractivity contribution in [2.75, 3.05) is 12.8 Å². The molecular formula is C17H21NS2. The molecule has 3 rings (SSSR count). The van der Waals surface area contributed by atoms with E-state index < -0.39 is 0 Å². The van der Waals surface area contributed by atoms with Crippen LogP contribution in [0.5, 0.6) is 0 Å². The Morgan fingerprint density at radius 2 is 2.05 bits per heavy atom. The van der Waals surface area contributed by atoms with Crippen LogP contribution in [0, 0.1) is 13.8 Å². The molecule has 0 spiro atoms. The first kappa shape index (κ1) is 14.2. The summed E-state index contributed by atoms with van der Waals surface area (Å²) in [5.74, 6) is 2.47. The van der Waals surface area contributed by atoms with Gasteiger partial charge in [0.05, 0.1) is 6.04 Å². The number of aryl methyl sites for hydroxylation is 3. The summed E-state index contributed by atoms with van der Waals surface area (Å²) < 4.78 is 0. The third-order valence-corrected chi connectivity index (χ3v) is 6.28. The standard InChI is InChI=1S/C17H21NS2/c1-11-4-5-12(2)14(8-11)17(18-3)16-9-13-10-19-7-6-15(13)20-16/h4-5,8-9,17-18H,6-7,10H2,1-3H3. The normalized spacial score (nSPS) is 15.9. The lowest BCUT2D eigenvalue weighted by atomic mass is 9.97. The minimum absolute atomic E-state index is 0.329. The van der Waals surface area contributed by atoms with E-state index in [-0.39, 0.29) is 0 Å². The predicted octanol–water partition coefficient (Wildman–Crippen LogP) is 4.46. The topological polar surface area (TPSA) is 12.0 Å². The zero-order chi connectivity index (χ0) is 14.1. The minimum Gasteiger partial charge on any atom is -0.309 e. The molecule has 1 aliphatic heterocycles. The number of thioether (sulfide) groups is 1. The van der Waals surface area contributed by atoms with Gasteiger partial charge in [-0.1, -0.05) is 23.8 Å². The van der Waals surface area contributed by atoms with Crippen LogP contribution in [0.1, 0.15) is 38.0 Å². The maximum absolute atomic E-state index is 3.52. The van der Waals surface area contributed by atoms with Gasteiger partial charge in [0.1, 0.15) is 0 Å². The van der Waals surface area contributed by atoms with E-state index in [2.05, 4.69) is 62.2 Å². The highest BCUT2D eigenvalue weighted by molar-refractivity contribution is 7.98. The van der Waals surface area contributed by atoms with E-state index >= 15 is 0 Å². The molecule has 2 aromatic rings. The van der Waals surface area contributed by atoms with Gasteiger partial charge in [0.15, 0.2) is 0 Å². The molecule has 106 valence electrons. The van der Waals surface area contributed by atoms with Crippen molar-refractivity contribution in [3.8, 4) is 0 Å². The monoisotopic (exact) mass is 303 g/mol. The number of fused-ring (bicyclic) bond motifs is 1. The average molecular weight is 303 g/mol. The fraction of sp³-hybridized carbons (Fsp3) is 0.412. The largest absolute Gasteiger partial charge is 0.309 e. The second kappa shape index (κ2) is 5.92. The molecule has 1 nitrogen and oxygen atoms in total. The lowest BCUT2D eigenvalue weighted by Gasteiger charge is -2.18. The number of rotatable bonds is 3. The summed E-state index contributed by atoms with van der Waals surface area (Å²) >= 11 is 4.06. The van der Waals surface area contributed by atoms with Crippen LogP contribution < -0.4 is 5.32 Å². The molecule has 0 amide bonds. The Hall–Kier alpha value is -0.770. The molecule has 1 aromatic heterocycles. The van der Waals surface area contributed by atoms with Crippen LogP contribution in [0.15, 0.2) is 24.3 Å². The van der Waals surface area contributed by atoms with Crippen molar-refractivity contribution in [2.24, 2.45) is 0 Å². The fourth-order valence-corrected chi connectivity index (χ4v) is 5.34. The highest BCUT2D eigenvalue weighted by Gasteiger charge is 2.20. The van der Waals surface area contributed by atoms with Crippen LogP contribution in [-0.2, 0) is 12.2 Å². The Morgan fingerprint density at radius 1 is 1.20 bits per heavy atom. The molecule has 1 aliphatic rings. The summed E-state index contributed by atoms with van der Waals surface area (Å²) in [5.41, 5.74) is 5.68. The van der Waals surface area contributed by atoms with E-state index in [9.17, 15) is 0 Å². The molecule has 1 unspecified atom stereocenters. The zero-order valence-corrected chi connectivity index (χ0v) is 14.0. The number of thiophene rings is 1. The quantitative estimate of drug-likeness (QED) is 0.898. The van der Waals surface area contributed by atoms with Crippen LogP contribution in [-0.4, -0.2) is 12.8 Å². The maximum atomic E-state index is 3.52. The van der Waals surface area contributed by atoms with Crippen molar-refractivity contribution in [1.82, 2.24) is 5.32 Å². The molecule has 0 saturated carbocycles. The van der Waals surface area contributed by atoms with Gasteiger partial charge < -0.3 is 5.32 Å². The third kappa shape index (κ3) is 2.67. The molecule has 0 fully saturated rings. The van der Waals surface area contributed by atoms with Crippen molar-refractivity contribution in [2.45, 2.75) is 32.1 Å². The van der Waals surface area contributed by atoms with E-state index in [0.717, 1.165) is 0 Å². The van der Waals surface area contributed by atoms with Gasteiger partial charge in [0, 0.05) is 15.5 Å². The predicted molar refractivity (Wildman–Crippen MR) is 91.0 cm³/mol. The number of hydrogen-bond acceptors (Lipinski definition) is 3. The highest BCUT2D eigenvalue weighted by atomic mass is 32.2. The number of nitrogens with one attached hydrogen (secondary N) is 1. The second-order valence-electron chi connectivity index (χ2n) is 5.48. The molecule has 1 atom stereocenters. The lowest BCUT2D eigenvalue weighted by Crippen LogP contribution is -2.17. The smallest absolute Gasteiger partial charge is 0.0671 e. The molecule has 3 heteroatoms. The second-order valence-corrected chi connectivity index (χ2v) is 7.75. The molecule has 0 bridgehead atoms. The first-order valence-electron chi connectivity index (χ1n) is 7.12. The van der Waals surface area contributed by atoms with E-state index in [0.29, 0.717) is 6.04 Å². The van der Waals surface area contributed by atoms with Gasteiger partial charge in [-0.3, -0.25) is 0 Å². The molecule has 1 N–H and O–H groups in total. The number of benzene rings is 1. The van der Waals surface area contributed by atoms with Gasteiger partial charge in [-0.05, 0) is 55.8 Å². The molecule has 0 aliphatic carbocycles. The van der Waals surface area contributed by atoms with Crippen molar-refractivity contribution < 1.29 is 0 Å². The lowest BCUT2D eigenvalue weighted by molar-refractivity contribution is 0.698. The molecular weight excluding hydrogens is 282 g/mol. The third-order valence-electron chi connectivity index (χ3n) is 3.97. The SMILES string of the molecule is CNC(c1cc2c(s1)CCSC2)c1cc(C)ccc1C. The Labute approximate surface area is 129 Å². The van der Waals surface area contributed by atoms with E-state index in [1.165, 1.54) is 39.5 Å². The summed E-state index contributed by atoms with van der Waals surface area (Å²) in [6, 6.07) is 9.51. The summed E-state index contributed by atoms with van der Waals surface area (Å²) in [4.78, 5) is 3.07. The van der Waals surface area contributed by atoms with Crippen LogP contribution in [0.3, 0.4) is 0 Å². The van der Waals surface area contributed by atoms with Crippen LogP contribution in [0.4, 0.5) is 0 Å². The van der Waals surface area contributed by atoms with Gasteiger partial charge in [0.2, 0.25) is 0 Å². The van der Waals surface area contributed by atoms with E-state index in [1.54, 1.807) is 10.4 Å². The Bertz CT molecular complexity index is 592. The van der Waals surface area contributed by atoms with Gasteiger partial charge in [-0.15, -0.1) is 11.3 Å². The van der Waals surface area contributed by atoms with Crippen molar-refractivity contribution in [1.29, 1.82) is 0 Å². The summed E-state index contributed by atoms with van der Waals surface area (Å²) in [5, 5.41) is 3.52. The first-order valence-corrected chi connectivity index (χ1v) is 9.10.